The molecule has 8 heteroatoms. The Morgan fingerprint density at radius 2 is 1.36 bits per heavy atom. The lowest BCUT2D eigenvalue weighted by Gasteiger charge is -2.03. The van der Waals surface area contributed by atoms with Gasteiger partial charge in [0, 0.05) is 5.92 Å². The third kappa shape index (κ3) is 5.25. The molecule has 0 aliphatic heterocycles. The number of hydrogen-bond donors (Lipinski definition) is 0. The van der Waals surface area contributed by atoms with Crippen molar-refractivity contribution in [3.05, 3.63) is 10.1 Å². The van der Waals surface area contributed by atoms with Crippen LogP contribution in [0.3, 0.4) is 0 Å². The summed E-state index contributed by atoms with van der Waals surface area (Å²) in [4.78, 5) is 0. The molecule has 0 aromatic carbocycles. The van der Waals surface area contributed by atoms with Crippen LogP contribution in [0, 0.1) is 11.8 Å². The molecule has 0 aromatic rings. The number of alkyl halides is 6. The van der Waals surface area contributed by atoms with E-state index in [-0.39, 0.29) is 0 Å². The molecule has 0 saturated carbocycles. The second kappa shape index (κ2) is 4.32. The van der Waals surface area contributed by atoms with Gasteiger partial charge in [0.1, 0.15) is 10.1 Å². The average molecular weight is 257 g/mol. The molecule has 14 heavy (non-hydrogen) atoms. The molecule has 0 amide bonds. The molecule has 0 N–H and O–H groups in total. The van der Waals surface area contributed by atoms with E-state index in [1.807, 2.05) is 0 Å². The molecule has 0 spiro atoms. The van der Waals surface area contributed by atoms with Gasteiger partial charge in [-0.1, -0.05) is 23.2 Å². The fourth-order valence-corrected chi connectivity index (χ4v) is 0.507. The molecule has 0 atom stereocenters. The Hall–Kier alpha value is -0.540. The van der Waals surface area contributed by atoms with Crippen LogP contribution in [0.1, 0.15) is 0 Å². The smallest absolute Gasteiger partial charge is 0.165 e. The van der Waals surface area contributed by atoms with E-state index in [0.717, 1.165) is 5.92 Å². The van der Waals surface area contributed by atoms with Gasteiger partial charge in [0.25, 0.3) is 0 Å². The maximum Gasteiger partial charge on any atom is 0.458 e. The second-order valence-electron chi connectivity index (χ2n) is 1.87. The predicted molar refractivity (Wildman–Crippen MR) is 38.6 cm³/mol. The van der Waals surface area contributed by atoms with Gasteiger partial charge in [-0.2, -0.15) is 26.3 Å². The third-order valence-electron chi connectivity index (χ3n) is 0.756. The summed E-state index contributed by atoms with van der Waals surface area (Å²) in [5.41, 5.74) is 0. The van der Waals surface area contributed by atoms with Crippen LogP contribution in [0.4, 0.5) is 26.3 Å². The minimum absolute atomic E-state index is 0.550. The first kappa shape index (κ1) is 13.5. The highest BCUT2D eigenvalue weighted by atomic mass is 35.5. The van der Waals surface area contributed by atoms with Crippen LogP contribution in [0.2, 0.25) is 0 Å². The molecular weight excluding hydrogens is 257 g/mol. The van der Waals surface area contributed by atoms with E-state index >= 15 is 0 Å². The Bertz CT molecular complexity index is 299. The molecule has 0 saturated heterocycles. The monoisotopic (exact) mass is 256 g/mol. The molecule has 0 heterocycles. The first-order valence-electron chi connectivity index (χ1n) is 2.76. The highest BCUT2D eigenvalue weighted by molar-refractivity contribution is 6.41. The largest absolute Gasteiger partial charge is 0.458 e. The number of allylic oxidation sites excluding steroid dienone is 2. The van der Waals surface area contributed by atoms with Crippen molar-refractivity contribution in [2.75, 3.05) is 0 Å². The Morgan fingerprint density at radius 1 is 0.929 bits per heavy atom. The van der Waals surface area contributed by atoms with Crippen molar-refractivity contribution >= 4 is 23.2 Å². The Labute approximate surface area is 84.5 Å². The summed E-state index contributed by atoms with van der Waals surface area (Å²) in [5, 5.41) is -3.27. The lowest BCUT2D eigenvalue weighted by Crippen LogP contribution is -2.08. The van der Waals surface area contributed by atoms with Gasteiger partial charge in [0.15, 0.2) is 0 Å². The third-order valence-corrected chi connectivity index (χ3v) is 1.54. The molecule has 0 aliphatic carbocycles. The zero-order valence-corrected chi connectivity index (χ0v) is 7.54. The van der Waals surface area contributed by atoms with Gasteiger partial charge >= 0.3 is 12.4 Å². The van der Waals surface area contributed by atoms with Crippen molar-refractivity contribution in [2.24, 2.45) is 0 Å². The van der Waals surface area contributed by atoms with Crippen LogP contribution >= 0.6 is 23.2 Å². The topological polar surface area (TPSA) is 0 Å². The van der Waals surface area contributed by atoms with E-state index in [1.54, 1.807) is 0 Å². The number of hydrogen-bond acceptors (Lipinski definition) is 0. The molecule has 0 aliphatic rings. The second-order valence-corrected chi connectivity index (χ2v) is 2.63. The van der Waals surface area contributed by atoms with Gasteiger partial charge < -0.3 is 0 Å². The molecule has 80 valence electrons. The fourth-order valence-electron chi connectivity index (χ4n) is 0.305. The average Bonchev–Trinajstić information content (AvgIpc) is 1.95. The van der Waals surface area contributed by atoms with Gasteiger partial charge in [-0.3, -0.25) is 0 Å². The van der Waals surface area contributed by atoms with Crippen molar-refractivity contribution < 1.29 is 26.3 Å². The Balaban J connectivity index is 4.94. The summed E-state index contributed by atoms with van der Waals surface area (Å²) in [6.07, 6.45) is -9.91. The van der Waals surface area contributed by atoms with Gasteiger partial charge in [0.05, 0.1) is 0 Å². The summed E-state index contributed by atoms with van der Waals surface area (Å²) in [7, 11) is 0. The lowest BCUT2D eigenvalue weighted by molar-refractivity contribution is -0.0848. The predicted octanol–water partition coefficient (Wildman–Crippen LogP) is 3.80. The molecule has 0 fully saturated rings. The minimum Gasteiger partial charge on any atom is -0.165 e. The summed E-state index contributed by atoms with van der Waals surface area (Å²) in [6.45, 7) is 0. The van der Waals surface area contributed by atoms with E-state index in [2.05, 4.69) is 11.6 Å². The first-order chi connectivity index (χ1) is 6.04. The van der Waals surface area contributed by atoms with E-state index in [1.165, 1.54) is 0 Å². The van der Waals surface area contributed by atoms with E-state index in [9.17, 15) is 26.3 Å². The van der Waals surface area contributed by atoms with Gasteiger partial charge in [-0.15, -0.1) is 0 Å². The van der Waals surface area contributed by atoms with Crippen LogP contribution < -0.4 is 0 Å². The van der Waals surface area contributed by atoms with E-state index in [4.69, 9.17) is 11.6 Å². The first-order valence-corrected chi connectivity index (χ1v) is 3.52. The van der Waals surface area contributed by atoms with Crippen molar-refractivity contribution in [2.45, 2.75) is 12.4 Å². The highest BCUT2D eigenvalue weighted by Gasteiger charge is 2.35. The molecule has 0 nitrogen and oxygen atoms in total. The van der Waals surface area contributed by atoms with Gasteiger partial charge in [-0.25, -0.2) is 0 Å². The van der Waals surface area contributed by atoms with E-state index < -0.39 is 22.4 Å². The lowest BCUT2D eigenvalue weighted by atomic mass is 10.4. The highest BCUT2D eigenvalue weighted by Crippen LogP contribution is 2.32. The summed E-state index contributed by atoms with van der Waals surface area (Å²) < 4.78 is 69.3. The van der Waals surface area contributed by atoms with Crippen LogP contribution in [-0.2, 0) is 0 Å². The molecular formula is C6Cl2F6. The fraction of sp³-hybridized carbons (Fsp3) is 0.333. The number of halogens is 8. The maximum atomic E-state index is 11.7. The zero-order chi connectivity index (χ0) is 11.6. The molecule has 0 aromatic heterocycles. The normalized spacial score (nSPS) is 14.3. The van der Waals surface area contributed by atoms with Gasteiger partial charge in [-0.05, 0) is 5.92 Å². The van der Waals surface area contributed by atoms with Crippen molar-refractivity contribution in [1.29, 1.82) is 0 Å². The SMILES string of the molecule is FC(F)(F)C#C/C(Cl)=C(/Cl)C(F)(F)F. The molecule has 0 radical (unpaired) electrons. The summed E-state index contributed by atoms with van der Waals surface area (Å²) in [6, 6.07) is 0. The summed E-state index contributed by atoms with van der Waals surface area (Å²) >= 11 is 9.37. The quantitative estimate of drug-likeness (QED) is 0.457. The van der Waals surface area contributed by atoms with Crippen molar-refractivity contribution in [3.63, 3.8) is 0 Å². The number of rotatable bonds is 0. The maximum absolute atomic E-state index is 11.7. The van der Waals surface area contributed by atoms with Crippen molar-refractivity contribution in [3.8, 4) is 11.8 Å². The zero-order valence-electron chi connectivity index (χ0n) is 6.02. The van der Waals surface area contributed by atoms with E-state index in [0.29, 0.717) is 5.92 Å². The standard InChI is InChI=1S/C6Cl2F6/c7-3(1-2-5(9,10)11)4(8)6(12,13)14/b4-3-. The molecule has 0 unspecified atom stereocenters. The van der Waals surface area contributed by atoms with Crippen molar-refractivity contribution in [1.82, 2.24) is 0 Å². The van der Waals surface area contributed by atoms with Crippen LogP contribution in [0.25, 0.3) is 0 Å². The minimum atomic E-state index is -5.00. The Morgan fingerprint density at radius 3 is 1.64 bits per heavy atom. The van der Waals surface area contributed by atoms with Crippen LogP contribution in [-0.4, -0.2) is 12.4 Å². The Kier molecular flexibility index (Phi) is 4.15. The summed E-state index contributed by atoms with van der Waals surface area (Å²) in [5.74, 6) is 1.60. The van der Waals surface area contributed by atoms with Crippen LogP contribution in [0.5, 0.6) is 0 Å². The molecule has 0 bridgehead atoms. The van der Waals surface area contributed by atoms with Crippen LogP contribution in [0.15, 0.2) is 10.1 Å². The van der Waals surface area contributed by atoms with Gasteiger partial charge in [0.2, 0.25) is 0 Å². The molecule has 0 rings (SSSR count).